The van der Waals surface area contributed by atoms with Gasteiger partial charge in [-0.25, -0.2) is 0 Å². The molecule has 0 saturated heterocycles. The molecule has 0 saturated carbocycles. The van der Waals surface area contributed by atoms with Crippen LogP contribution in [0, 0.1) is 0 Å². The number of rotatable bonds is 4. The molecule has 9 heavy (non-hydrogen) atoms. The normalized spacial score (nSPS) is 8.89. The SMILES string of the molecule is C=C(O)CCCC(N)=O. The number of aliphatic hydroxyl groups excluding tert-OH is 1. The summed E-state index contributed by atoms with van der Waals surface area (Å²) in [6.45, 7) is 3.26. The van der Waals surface area contributed by atoms with Crippen molar-refractivity contribution in [3.8, 4) is 0 Å². The van der Waals surface area contributed by atoms with Crippen LogP contribution < -0.4 is 5.73 Å². The van der Waals surface area contributed by atoms with Gasteiger partial charge in [0.25, 0.3) is 0 Å². The van der Waals surface area contributed by atoms with Gasteiger partial charge in [0.2, 0.25) is 5.91 Å². The highest BCUT2D eigenvalue weighted by Gasteiger charge is 1.94. The summed E-state index contributed by atoms with van der Waals surface area (Å²) in [5, 5.41) is 8.52. The Kier molecular flexibility index (Phi) is 3.51. The van der Waals surface area contributed by atoms with Crippen molar-refractivity contribution >= 4 is 5.91 Å². The molecule has 52 valence electrons. The van der Waals surface area contributed by atoms with Crippen LogP contribution in [0.3, 0.4) is 0 Å². The van der Waals surface area contributed by atoms with Crippen molar-refractivity contribution < 1.29 is 9.90 Å². The van der Waals surface area contributed by atoms with Crippen LogP contribution in [0.4, 0.5) is 0 Å². The van der Waals surface area contributed by atoms with Crippen LogP contribution in [-0.2, 0) is 4.79 Å². The summed E-state index contributed by atoms with van der Waals surface area (Å²) < 4.78 is 0. The van der Waals surface area contributed by atoms with Gasteiger partial charge in [-0.1, -0.05) is 6.58 Å². The van der Waals surface area contributed by atoms with Gasteiger partial charge in [0, 0.05) is 12.8 Å². The van der Waals surface area contributed by atoms with Gasteiger partial charge in [-0.05, 0) is 6.42 Å². The molecule has 0 atom stereocenters. The van der Waals surface area contributed by atoms with Crippen LogP contribution in [0.15, 0.2) is 12.3 Å². The van der Waals surface area contributed by atoms with E-state index in [9.17, 15) is 4.79 Å². The Morgan fingerprint density at radius 3 is 2.44 bits per heavy atom. The first-order valence-electron chi connectivity index (χ1n) is 2.78. The predicted octanol–water partition coefficient (Wildman–Crippen LogP) is 0.714. The fourth-order valence-electron chi connectivity index (χ4n) is 0.467. The minimum absolute atomic E-state index is 0.108. The molecule has 0 fully saturated rings. The molecule has 3 N–H and O–H groups in total. The second-order valence-electron chi connectivity index (χ2n) is 1.89. The summed E-state index contributed by atoms with van der Waals surface area (Å²) >= 11 is 0. The van der Waals surface area contributed by atoms with Crippen molar-refractivity contribution in [2.45, 2.75) is 19.3 Å². The molecule has 0 aliphatic rings. The van der Waals surface area contributed by atoms with E-state index in [-0.39, 0.29) is 11.7 Å². The van der Waals surface area contributed by atoms with E-state index in [4.69, 9.17) is 10.8 Å². The van der Waals surface area contributed by atoms with E-state index in [1.807, 2.05) is 0 Å². The third-order valence-electron chi connectivity index (χ3n) is 0.889. The van der Waals surface area contributed by atoms with Gasteiger partial charge in [-0.2, -0.15) is 0 Å². The highest BCUT2D eigenvalue weighted by atomic mass is 16.3. The lowest BCUT2D eigenvalue weighted by Crippen LogP contribution is -2.09. The number of hydrogen-bond acceptors (Lipinski definition) is 2. The first kappa shape index (κ1) is 8.01. The van der Waals surface area contributed by atoms with E-state index >= 15 is 0 Å². The first-order valence-corrected chi connectivity index (χ1v) is 2.78. The Morgan fingerprint density at radius 1 is 1.56 bits per heavy atom. The predicted molar refractivity (Wildman–Crippen MR) is 34.8 cm³/mol. The van der Waals surface area contributed by atoms with Crippen molar-refractivity contribution in [2.75, 3.05) is 0 Å². The molecule has 0 radical (unpaired) electrons. The molecule has 0 aromatic heterocycles. The number of amides is 1. The monoisotopic (exact) mass is 129 g/mol. The van der Waals surface area contributed by atoms with E-state index in [0.717, 1.165) is 0 Å². The largest absolute Gasteiger partial charge is 0.513 e. The second-order valence-corrected chi connectivity index (χ2v) is 1.89. The lowest BCUT2D eigenvalue weighted by atomic mass is 10.2. The zero-order chi connectivity index (χ0) is 7.28. The summed E-state index contributed by atoms with van der Waals surface area (Å²) in [6, 6.07) is 0. The van der Waals surface area contributed by atoms with Crippen LogP contribution >= 0.6 is 0 Å². The van der Waals surface area contributed by atoms with Crippen molar-refractivity contribution in [3.63, 3.8) is 0 Å². The average molecular weight is 129 g/mol. The standard InChI is InChI=1S/C6H11NO2/c1-5(8)3-2-4-6(7)9/h8H,1-4H2,(H2,7,9). The average Bonchev–Trinajstić information content (AvgIpc) is 1.63. The lowest BCUT2D eigenvalue weighted by molar-refractivity contribution is -0.118. The Bertz CT molecular complexity index is 106. The summed E-state index contributed by atoms with van der Waals surface area (Å²) in [5.41, 5.74) is 4.83. The van der Waals surface area contributed by atoms with E-state index in [1.165, 1.54) is 0 Å². The Labute approximate surface area is 54.2 Å². The third kappa shape index (κ3) is 7.01. The third-order valence-corrected chi connectivity index (χ3v) is 0.889. The van der Waals surface area contributed by atoms with Crippen LogP contribution in [-0.4, -0.2) is 11.0 Å². The second kappa shape index (κ2) is 3.95. The number of carbonyl (C=O) groups is 1. The van der Waals surface area contributed by atoms with Crippen LogP contribution in [0.1, 0.15) is 19.3 Å². The number of allylic oxidation sites excluding steroid dienone is 1. The molecule has 1 amide bonds. The van der Waals surface area contributed by atoms with Gasteiger partial charge >= 0.3 is 0 Å². The quantitative estimate of drug-likeness (QED) is 0.549. The molecule has 0 aromatic carbocycles. The minimum Gasteiger partial charge on any atom is -0.513 e. The van der Waals surface area contributed by atoms with E-state index in [0.29, 0.717) is 19.3 Å². The number of hydrogen-bond donors (Lipinski definition) is 2. The van der Waals surface area contributed by atoms with Crippen molar-refractivity contribution in [1.29, 1.82) is 0 Å². The summed E-state index contributed by atoms with van der Waals surface area (Å²) in [7, 11) is 0. The molecule has 0 aromatic rings. The van der Waals surface area contributed by atoms with Gasteiger partial charge in [-0.3, -0.25) is 4.79 Å². The molecular weight excluding hydrogens is 118 g/mol. The van der Waals surface area contributed by atoms with E-state index in [1.54, 1.807) is 0 Å². The maximum atomic E-state index is 10.1. The Hall–Kier alpha value is -0.990. The number of nitrogens with two attached hydrogens (primary N) is 1. The summed E-state index contributed by atoms with van der Waals surface area (Å²) in [4.78, 5) is 10.1. The first-order chi connectivity index (χ1) is 4.13. The van der Waals surface area contributed by atoms with Gasteiger partial charge < -0.3 is 10.8 Å². The van der Waals surface area contributed by atoms with Crippen molar-refractivity contribution in [2.24, 2.45) is 5.73 Å². The van der Waals surface area contributed by atoms with Crippen molar-refractivity contribution in [3.05, 3.63) is 12.3 Å². The van der Waals surface area contributed by atoms with E-state index in [2.05, 4.69) is 6.58 Å². The fourth-order valence-corrected chi connectivity index (χ4v) is 0.467. The van der Waals surface area contributed by atoms with Gasteiger partial charge in [0.05, 0.1) is 5.76 Å². The van der Waals surface area contributed by atoms with Crippen LogP contribution in [0.25, 0.3) is 0 Å². The van der Waals surface area contributed by atoms with E-state index < -0.39 is 0 Å². The Balaban J connectivity index is 3.10. The summed E-state index contributed by atoms with van der Waals surface area (Å²) in [6.07, 6.45) is 1.37. The molecule has 0 aliphatic heterocycles. The Morgan fingerprint density at radius 2 is 2.11 bits per heavy atom. The molecule has 0 bridgehead atoms. The lowest BCUT2D eigenvalue weighted by Gasteiger charge is -1.93. The summed E-state index contributed by atoms with van der Waals surface area (Å²) in [5.74, 6) is -0.229. The number of carbonyl (C=O) groups excluding carboxylic acids is 1. The van der Waals surface area contributed by atoms with Gasteiger partial charge in [-0.15, -0.1) is 0 Å². The fraction of sp³-hybridized carbons (Fsp3) is 0.500. The van der Waals surface area contributed by atoms with Gasteiger partial charge in [0.15, 0.2) is 0 Å². The maximum Gasteiger partial charge on any atom is 0.217 e. The molecule has 0 unspecified atom stereocenters. The molecule has 3 heteroatoms. The highest BCUT2D eigenvalue weighted by Crippen LogP contribution is 1.99. The molecular formula is C6H11NO2. The highest BCUT2D eigenvalue weighted by molar-refractivity contribution is 5.73. The zero-order valence-corrected chi connectivity index (χ0v) is 5.26. The molecule has 0 spiro atoms. The van der Waals surface area contributed by atoms with Gasteiger partial charge in [0.1, 0.15) is 0 Å². The smallest absolute Gasteiger partial charge is 0.217 e. The molecule has 0 rings (SSSR count). The maximum absolute atomic E-state index is 10.1. The zero-order valence-electron chi connectivity index (χ0n) is 5.26. The minimum atomic E-state index is -0.337. The van der Waals surface area contributed by atoms with Crippen LogP contribution in [0.5, 0.6) is 0 Å². The number of primary amides is 1. The van der Waals surface area contributed by atoms with Crippen LogP contribution in [0.2, 0.25) is 0 Å². The van der Waals surface area contributed by atoms with Crippen molar-refractivity contribution in [1.82, 2.24) is 0 Å². The number of aliphatic hydroxyl groups is 1. The molecule has 0 aliphatic carbocycles. The molecule has 3 nitrogen and oxygen atoms in total. The molecule has 0 heterocycles. The topological polar surface area (TPSA) is 63.3 Å².